The topological polar surface area (TPSA) is 276 Å². The predicted octanol–water partition coefficient (Wildman–Crippen LogP) is 0.910. The van der Waals surface area contributed by atoms with Crippen LogP contribution in [0.3, 0.4) is 0 Å². The molecule has 21 heteroatoms. The van der Waals surface area contributed by atoms with Gasteiger partial charge in [0.05, 0.1) is 37.0 Å². The maximum atomic E-state index is 13.6. The van der Waals surface area contributed by atoms with Crippen LogP contribution in [0.5, 0.6) is 0 Å². The first-order valence-corrected chi connectivity index (χ1v) is 20.6. The van der Waals surface area contributed by atoms with E-state index < -0.39 is 118 Å². The molecule has 20 nitrogen and oxygen atoms in total. The summed E-state index contributed by atoms with van der Waals surface area (Å²) in [6.45, 7) is 15.5. The van der Waals surface area contributed by atoms with E-state index in [0.717, 1.165) is 4.90 Å². The van der Waals surface area contributed by atoms with Gasteiger partial charge in [-0.25, -0.2) is 27.5 Å². The molecule has 3 amide bonds. The van der Waals surface area contributed by atoms with E-state index in [9.17, 15) is 38.1 Å². The Bertz CT molecular complexity index is 1520. The third kappa shape index (κ3) is 14.9. The number of carbonyl (C=O) groups is 3. The monoisotopic (exact) mass is 839 g/mol. The number of sulfonamides is 1. The van der Waals surface area contributed by atoms with Crippen molar-refractivity contribution in [3.05, 3.63) is 11.8 Å². The first kappa shape index (κ1) is 48.3. The normalized spacial score (nSPS) is 31.3. The van der Waals surface area contributed by atoms with Gasteiger partial charge in [0.1, 0.15) is 52.6 Å². The summed E-state index contributed by atoms with van der Waals surface area (Å²) in [5.41, 5.74) is 1.31. The summed E-state index contributed by atoms with van der Waals surface area (Å²) in [4.78, 5) is 39.5. The SMILES string of the molecule is CN(C(=O)OC(C)(C)C)[C@@H]1[C@@H](O)[C@@H](O[C@@H]2[C@@H](O)[C@H](O[C@@H]3CCC=C(CN)O3)[C@@H](NC(=O)OC(C)(C)C)C[C@H]2NS(=O)(=O)CCNC(=O)OC(C)(C)C)OC[C@]1(C)O. The van der Waals surface area contributed by atoms with E-state index in [1.54, 1.807) is 68.4 Å². The third-order valence-electron chi connectivity index (χ3n) is 8.78. The first-order chi connectivity index (χ1) is 26.0. The molecule has 2 fully saturated rings. The molecule has 2 aliphatic heterocycles. The number of ether oxygens (including phenoxy) is 7. The molecule has 3 rings (SSSR count). The Morgan fingerprint density at radius 3 is 2.09 bits per heavy atom. The minimum absolute atomic E-state index is 0.0740. The van der Waals surface area contributed by atoms with E-state index in [-0.39, 0.29) is 19.5 Å². The maximum Gasteiger partial charge on any atom is 0.410 e. The highest BCUT2D eigenvalue weighted by atomic mass is 32.2. The van der Waals surface area contributed by atoms with Gasteiger partial charge in [-0.2, -0.15) is 0 Å². The van der Waals surface area contributed by atoms with Gasteiger partial charge in [0.2, 0.25) is 10.0 Å². The molecule has 8 N–H and O–H groups in total. The fourth-order valence-corrected chi connectivity index (χ4v) is 7.72. The number of amides is 3. The van der Waals surface area contributed by atoms with Crippen molar-refractivity contribution in [3.63, 3.8) is 0 Å². The number of hydrogen-bond donors (Lipinski definition) is 7. The van der Waals surface area contributed by atoms with E-state index in [4.69, 9.17) is 38.9 Å². The van der Waals surface area contributed by atoms with Gasteiger partial charge in [-0.3, -0.25) is 0 Å². The summed E-state index contributed by atoms with van der Waals surface area (Å²) in [5.74, 6) is -0.189. The maximum absolute atomic E-state index is 13.6. The van der Waals surface area contributed by atoms with Crippen LogP contribution in [0.1, 0.15) is 88.5 Å². The molecular weight excluding hydrogens is 774 g/mol. The Morgan fingerprint density at radius 1 is 0.930 bits per heavy atom. The van der Waals surface area contributed by atoms with Gasteiger partial charge in [0.15, 0.2) is 12.6 Å². The van der Waals surface area contributed by atoms with Crippen LogP contribution in [-0.2, 0) is 43.2 Å². The van der Waals surface area contributed by atoms with Crippen LogP contribution in [0.4, 0.5) is 14.4 Å². The summed E-state index contributed by atoms with van der Waals surface area (Å²) < 4.78 is 69.9. The van der Waals surface area contributed by atoms with Crippen molar-refractivity contribution in [2.24, 2.45) is 5.73 Å². The molecule has 1 saturated heterocycles. The van der Waals surface area contributed by atoms with E-state index in [2.05, 4.69) is 15.4 Å². The van der Waals surface area contributed by atoms with Crippen LogP contribution in [0.2, 0.25) is 0 Å². The highest BCUT2D eigenvalue weighted by Gasteiger charge is 2.55. The zero-order valence-electron chi connectivity index (χ0n) is 34.9. The Balaban J connectivity index is 2.00. The second-order valence-electron chi connectivity index (χ2n) is 17.7. The average Bonchev–Trinajstić information content (AvgIpc) is 3.02. The molecule has 1 saturated carbocycles. The zero-order chi connectivity index (χ0) is 43.3. The lowest BCUT2D eigenvalue weighted by Crippen LogP contribution is -2.70. The predicted molar refractivity (Wildman–Crippen MR) is 204 cm³/mol. The van der Waals surface area contributed by atoms with Crippen LogP contribution >= 0.6 is 0 Å². The van der Waals surface area contributed by atoms with Crippen molar-refractivity contribution in [3.8, 4) is 0 Å². The lowest BCUT2D eigenvalue weighted by molar-refractivity contribution is -0.310. The molecule has 0 aromatic carbocycles. The Kier molecular flexibility index (Phi) is 16.0. The lowest BCUT2D eigenvalue weighted by atomic mass is 9.83. The molecule has 1 aliphatic carbocycles. The molecule has 0 bridgehead atoms. The number of hydrogen-bond acceptors (Lipinski definition) is 16. The van der Waals surface area contributed by atoms with Crippen LogP contribution in [-0.4, -0.2) is 157 Å². The number of allylic oxidation sites excluding steroid dienone is 1. The number of likely N-dealkylation sites (N-methyl/N-ethyl adjacent to an activating group) is 1. The number of aliphatic hydroxyl groups is 3. The Morgan fingerprint density at radius 2 is 1.51 bits per heavy atom. The van der Waals surface area contributed by atoms with Crippen molar-refractivity contribution in [1.82, 2.24) is 20.3 Å². The largest absolute Gasteiger partial charge is 0.468 e. The minimum Gasteiger partial charge on any atom is -0.468 e. The molecule has 10 atom stereocenters. The van der Waals surface area contributed by atoms with Crippen LogP contribution in [0.25, 0.3) is 0 Å². The molecule has 2 heterocycles. The molecule has 0 unspecified atom stereocenters. The number of nitrogens with one attached hydrogen (secondary N) is 3. The van der Waals surface area contributed by atoms with E-state index >= 15 is 0 Å². The zero-order valence-corrected chi connectivity index (χ0v) is 35.7. The second kappa shape index (κ2) is 18.9. The molecule has 0 aromatic rings. The molecule has 3 aliphatic rings. The van der Waals surface area contributed by atoms with Crippen molar-refractivity contribution >= 4 is 28.3 Å². The Labute approximate surface area is 335 Å². The van der Waals surface area contributed by atoms with Crippen molar-refractivity contribution < 1.29 is 71.3 Å². The standard InChI is InChI=1S/C36H65N5O15S/c1-33(2,3)54-30(44)38-15-16-57(48,49)40-22-17-21(39-31(45)55-34(4,5)6)26(52-23-14-12-13-20(18-37)51-23)24(42)27(22)53-29-25(43)28(36(10,47)19-50-29)41(11)32(46)56-35(7,8)9/h13,21-29,40,42-43,47H,12,14-19,37H2,1-11H3,(H,38,44)(H,39,45)/t21-,22+,23+,24-,25+,26+,27-,28+,29+,36-/m0/s1. The van der Waals surface area contributed by atoms with Crippen LogP contribution in [0, 0.1) is 0 Å². The highest BCUT2D eigenvalue weighted by Crippen LogP contribution is 2.35. The minimum atomic E-state index is -4.29. The van der Waals surface area contributed by atoms with Gasteiger partial charge in [0, 0.05) is 20.0 Å². The number of alkyl carbamates (subject to hydrolysis) is 2. The lowest BCUT2D eigenvalue weighted by Gasteiger charge is -2.50. The number of aliphatic hydroxyl groups excluding tert-OH is 2. The van der Waals surface area contributed by atoms with Gasteiger partial charge in [-0.15, -0.1) is 0 Å². The average molecular weight is 840 g/mol. The quantitative estimate of drug-likeness (QED) is 0.135. The second-order valence-corrected chi connectivity index (χ2v) is 19.6. The molecular formula is C36H65N5O15S. The van der Waals surface area contributed by atoms with Crippen LogP contribution < -0.4 is 21.1 Å². The molecule has 57 heavy (non-hydrogen) atoms. The molecule has 330 valence electrons. The van der Waals surface area contributed by atoms with Gasteiger partial charge >= 0.3 is 18.3 Å². The summed E-state index contributed by atoms with van der Waals surface area (Å²) in [6, 6.07) is -3.84. The van der Waals surface area contributed by atoms with E-state index in [1.165, 1.54) is 14.0 Å². The van der Waals surface area contributed by atoms with Crippen molar-refractivity contribution in [2.75, 3.05) is 32.5 Å². The first-order valence-electron chi connectivity index (χ1n) is 19.0. The summed E-state index contributed by atoms with van der Waals surface area (Å²) in [6.07, 6.45) is -9.22. The van der Waals surface area contributed by atoms with Gasteiger partial charge in [-0.05, 0) is 88.2 Å². The van der Waals surface area contributed by atoms with Gasteiger partial charge in [0.25, 0.3) is 0 Å². The number of nitrogens with two attached hydrogens (primary N) is 1. The van der Waals surface area contributed by atoms with E-state index in [0.29, 0.717) is 18.6 Å². The smallest absolute Gasteiger partial charge is 0.410 e. The van der Waals surface area contributed by atoms with Crippen molar-refractivity contribution in [2.45, 2.75) is 166 Å². The van der Waals surface area contributed by atoms with Gasteiger partial charge < -0.3 is 69.7 Å². The van der Waals surface area contributed by atoms with Gasteiger partial charge in [-0.1, -0.05) is 0 Å². The third-order valence-corrected chi connectivity index (χ3v) is 10.2. The van der Waals surface area contributed by atoms with E-state index in [1.807, 2.05) is 0 Å². The molecule has 0 aromatic heterocycles. The number of rotatable bonds is 12. The summed E-state index contributed by atoms with van der Waals surface area (Å²) in [7, 11) is -2.97. The fraction of sp³-hybridized carbons (Fsp3) is 0.861. The van der Waals surface area contributed by atoms with Crippen molar-refractivity contribution in [1.29, 1.82) is 0 Å². The molecule has 0 spiro atoms. The summed E-state index contributed by atoms with van der Waals surface area (Å²) >= 11 is 0. The Hall–Kier alpha value is -3.02. The highest BCUT2D eigenvalue weighted by molar-refractivity contribution is 7.89. The number of carbonyl (C=O) groups excluding carboxylic acids is 3. The fourth-order valence-electron chi connectivity index (χ4n) is 6.54. The van der Waals surface area contributed by atoms with Crippen LogP contribution in [0.15, 0.2) is 11.8 Å². The molecule has 0 radical (unpaired) electrons. The summed E-state index contributed by atoms with van der Waals surface area (Å²) in [5, 5.41) is 40.1. The number of nitrogens with zero attached hydrogens (tertiary/aromatic N) is 1.